The van der Waals surface area contributed by atoms with Crippen molar-refractivity contribution in [2.45, 2.75) is 52.2 Å². The third-order valence-electron chi connectivity index (χ3n) is 4.71. The van der Waals surface area contributed by atoms with Crippen LogP contribution in [0.25, 0.3) is 0 Å². The Kier molecular flexibility index (Phi) is 9.05. The molecule has 7 heteroatoms. The molecule has 0 aliphatic rings. The van der Waals surface area contributed by atoms with E-state index in [1.54, 1.807) is 18.2 Å². The number of hydrogen-bond acceptors (Lipinski definition) is 3. The Morgan fingerprint density at radius 3 is 2.37 bits per heavy atom. The smallest absolute Gasteiger partial charge is 0.251 e. The number of amides is 3. The van der Waals surface area contributed by atoms with Crippen LogP contribution in [0.2, 0.25) is 0 Å². The first kappa shape index (κ1) is 23.6. The Balaban J connectivity index is 1.98. The third kappa shape index (κ3) is 7.63. The van der Waals surface area contributed by atoms with Gasteiger partial charge in [-0.15, -0.1) is 0 Å². The number of carbonyl (C=O) groups is 3. The molecule has 0 aliphatic heterocycles. The van der Waals surface area contributed by atoms with Gasteiger partial charge in [0.15, 0.2) is 0 Å². The number of benzene rings is 2. The van der Waals surface area contributed by atoms with Crippen LogP contribution in [0.5, 0.6) is 0 Å². The number of nitrogens with one attached hydrogen (secondary N) is 3. The Morgan fingerprint density at radius 2 is 1.73 bits per heavy atom. The molecule has 0 saturated heterocycles. The second kappa shape index (κ2) is 11.5. The number of halogens is 1. The van der Waals surface area contributed by atoms with Gasteiger partial charge < -0.3 is 16.0 Å². The minimum Gasteiger partial charge on any atom is -0.352 e. The van der Waals surface area contributed by atoms with Crippen molar-refractivity contribution in [1.29, 1.82) is 0 Å². The van der Waals surface area contributed by atoms with E-state index in [4.69, 9.17) is 0 Å². The summed E-state index contributed by atoms with van der Waals surface area (Å²) in [4.78, 5) is 36.4. The highest BCUT2D eigenvalue weighted by atomic mass is 79.9. The van der Waals surface area contributed by atoms with Crippen LogP contribution in [-0.2, 0) is 16.1 Å². The zero-order valence-electron chi connectivity index (χ0n) is 17.5. The summed E-state index contributed by atoms with van der Waals surface area (Å²) in [5.41, 5.74) is 2.25. The fourth-order valence-electron chi connectivity index (χ4n) is 2.88. The summed E-state index contributed by atoms with van der Waals surface area (Å²) in [7, 11) is 0. The zero-order chi connectivity index (χ0) is 22.1. The van der Waals surface area contributed by atoms with Crippen LogP contribution >= 0.6 is 15.9 Å². The standard InChI is InChI=1S/C23H28BrN3O3/c1-4-15(2)26-23(30)19-7-5-6-17(12-19)14-25-22(29)13-21(27-16(3)28)18-8-10-20(24)11-9-18/h5-12,15,21H,4,13-14H2,1-3H3,(H,25,29)(H,26,30)(H,27,28). The van der Waals surface area contributed by atoms with Crippen LogP contribution in [-0.4, -0.2) is 23.8 Å². The normalized spacial score (nSPS) is 12.5. The molecule has 0 fully saturated rings. The largest absolute Gasteiger partial charge is 0.352 e. The van der Waals surface area contributed by atoms with E-state index >= 15 is 0 Å². The monoisotopic (exact) mass is 473 g/mol. The molecule has 0 spiro atoms. The lowest BCUT2D eigenvalue weighted by Gasteiger charge is -2.18. The van der Waals surface area contributed by atoms with Gasteiger partial charge in [-0.2, -0.15) is 0 Å². The zero-order valence-corrected chi connectivity index (χ0v) is 19.1. The lowest BCUT2D eigenvalue weighted by atomic mass is 10.0. The molecule has 3 amide bonds. The van der Waals surface area contributed by atoms with Crippen LogP contribution in [0.15, 0.2) is 53.0 Å². The molecule has 3 N–H and O–H groups in total. The van der Waals surface area contributed by atoms with Gasteiger partial charge in [0.1, 0.15) is 0 Å². The van der Waals surface area contributed by atoms with E-state index in [0.29, 0.717) is 12.1 Å². The van der Waals surface area contributed by atoms with E-state index in [1.165, 1.54) is 6.92 Å². The third-order valence-corrected chi connectivity index (χ3v) is 5.24. The highest BCUT2D eigenvalue weighted by Crippen LogP contribution is 2.20. The minimum absolute atomic E-state index is 0.102. The van der Waals surface area contributed by atoms with Gasteiger partial charge in [0, 0.05) is 29.5 Å². The van der Waals surface area contributed by atoms with Crippen molar-refractivity contribution in [3.8, 4) is 0 Å². The molecule has 2 aromatic carbocycles. The second-order valence-corrected chi connectivity index (χ2v) is 8.18. The Hall–Kier alpha value is -2.67. The second-order valence-electron chi connectivity index (χ2n) is 7.27. The number of carbonyl (C=O) groups excluding carboxylic acids is 3. The first-order valence-corrected chi connectivity index (χ1v) is 10.8. The van der Waals surface area contributed by atoms with E-state index in [9.17, 15) is 14.4 Å². The maximum Gasteiger partial charge on any atom is 0.251 e. The topological polar surface area (TPSA) is 87.3 Å². The van der Waals surface area contributed by atoms with Crippen molar-refractivity contribution in [2.75, 3.05) is 0 Å². The molecule has 2 rings (SSSR count). The molecule has 160 valence electrons. The summed E-state index contributed by atoms with van der Waals surface area (Å²) in [6.07, 6.45) is 0.977. The predicted octanol–water partition coefficient (Wildman–Crippen LogP) is 3.86. The molecule has 0 radical (unpaired) electrons. The van der Waals surface area contributed by atoms with Crippen LogP contribution in [0.4, 0.5) is 0 Å². The average molecular weight is 474 g/mol. The molecular formula is C23H28BrN3O3. The molecule has 0 aromatic heterocycles. The van der Waals surface area contributed by atoms with Crippen LogP contribution in [0.1, 0.15) is 61.1 Å². The van der Waals surface area contributed by atoms with Crippen LogP contribution < -0.4 is 16.0 Å². The van der Waals surface area contributed by atoms with Gasteiger partial charge in [-0.1, -0.05) is 47.1 Å². The summed E-state index contributed by atoms with van der Waals surface area (Å²) in [5.74, 6) is -0.514. The lowest BCUT2D eigenvalue weighted by molar-refractivity contribution is -0.122. The summed E-state index contributed by atoms with van der Waals surface area (Å²) < 4.78 is 0.925. The summed E-state index contributed by atoms with van der Waals surface area (Å²) >= 11 is 3.38. The average Bonchev–Trinajstić information content (AvgIpc) is 2.72. The minimum atomic E-state index is -0.414. The highest BCUT2D eigenvalue weighted by molar-refractivity contribution is 9.10. The maximum atomic E-state index is 12.5. The van der Waals surface area contributed by atoms with E-state index in [0.717, 1.165) is 22.0 Å². The van der Waals surface area contributed by atoms with Gasteiger partial charge in [0.05, 0.1) is 12.5 Å². The van der Waals surface area contributed by atoms with Gasteiger partial charge in [-0.25, -0.2) is 0 Å². The fraction of sp³-hybridized carbons (Fsp3) is 0.348. The Morgan fingerprint density at radius 1 is 1.03 bits per heavy atom. The molecule has 30 heavy (non-hydrogen) atoms. The summed E-state index contributed by atoms with van der Waals surface area (Å²) in [6.45, 7) is 5.70. The molecule has 2 atom stereocenters. The van der Waals surface area contributed by atoms with Crippen LogP contribution in [0.3, 0.4) is 0 Å². The molecule has 2 aromatic rings. The van der Waals surface area contributed by atoms with Crippen molar-refractivity contribution in [3.63, 3.8) is 0 Å². The van der Waals surface area contributed by atoms with E-state index in [2.05, 4.69) is 31.9 Å². The lowest BCUT2D eigenvalue weighted by Crippen LogP contribution is -2.33. The quantitative estimate of drug-likeness (QED) is 0.516. The van der Waals surface area contributed by atoms with Crippen molar-refractivity contribution in [3.05, 3.63) is 69.7 Å². The highest BCUT2D eigenvalue weighted by Gasteiger charge is 2.17. The van der Waals surface area contributed by atoms with Crippen molar-refractivity contribution < 1.29 is 14.4 Å². The summed E-state index contributed by atoms with van der Waals surface area (Å²) in [5, 5.41) is 8.63. The van der Waals surface area contributed by atoms with Gasteiger partial charge in [-0.3, -0.25) is 14.4 Å². The first-order valence-electron chi connectivity index (χ1n) is 9.97. The van der Waals surface area contributed by atoms with Crippen molar-refractivity contribution >= 4 is 33.7 Å². The van der Waals surface area contributed by atoms with Gasteiger partial charge in [0.2, 0.25) is 11.8 Å². The fourth-order valence-corrected chi connectivity index (χ4v) is 3.15. The molecule has 2 unspecified atom stereocenters. The molecule has 0 saturated carbocycles. The SMILES string of the molecule is CCC(C)NC(=O)c1cccc(CNC(=O)CC(NC(C)=O)c2ccc(Br)cc2)c1. The van der Waals surface area contributed by atoms with Gasteiger partial charge in [-0.05, 0) is 48.7 Å². The molecule has 0 bridgehead atoms. The van der Waals surface area contributed by atoms with Gasteiger partial charge >= 0.3 is 0 Å². The van der Waals surface area contributed by atoms with Gasteiger partial charge in [0.25, 0.3) is 5.91 Å². The van der Waals surface area contributed by atoms with Crippen molar-refractivity contribution in [1.82, 2.24) is 16.0 Å². The Labute approximate surface area is 186 Å². The van der Waals surface area contributed by atoms with Crippen LogP contribution in [0, 0.1) is 0 Å². The number of hydrogen-bond donors (Lipinski definition) is 3. The van der Waals surface area contributed by atoms with Crippen molar-refractivity contribution in [2.24, 2.45) is 0 Å². The van der Waals surface area contributed by atoms with E-state index in [-0.39, 0.29) is 30.2 Å². The maximum absolute atomic E-state index is 12.5. The molecular weight excluding hydrogens is 446 g/mol. The van der Waals surface area contributed by atoms with E-state index < -0.39 is 6.04 Å². The molecule has 0 aliphatic carbocycles. The predicted molar refractivity (Wildman–Crippen MR) is 121 cm³/mol. The Bertz CT molecular complexity index is 884. The molecule has 6 nitrogen and oxygen atoms in total. The molecule has 0 heterocycles. The number of rotatable bonds is 9. The summed E-state index contributed by atoms with van der Waals surface area (Å²) in [6, 6.07) is 14.4. The van der Waals surface area contributed by atoms with E-state index in [1.807, 2.05) is 44.2 Å². The first-order chi connectivity index (χ1) is 14.3.